The van der Waals surface area contributed by atoms with Crippen molar-refractivity contribution in [3.8, 4) is 11.3 Å². The fraction of sp³-hybridized carbons (Fsp3) is 0.381. The van der Waals surface area contributed by atoms with Gasteiger partial charge in [0.05, 0.1) is 11.4 Å². The molecule has 1 aromatic carbocycles. The monoisotopic (exact) mass is 368 g/mol. The number of carbonyl (C=O) groups excluding carboxylic acids is 1. The van der Waals surface area contributed by atoms with E-state index in [9.17, 15) is 9.18 Å². The van der Waals surface area contributed by atoms with E-state index in [1.165, 1.54) is 12.1 Å². The molecule has 0 bridgehead atoms. The predicted octanol–water partition coefficient (Wildman–Crippen LogP) is 4.36. The highest BCUT2D eigenvalue weighted by molar-refractivity contribution is 5.94. The highest BCUT2D eigenvalue weighted by Gasteiger charge is 2.22. The molecule has 1 amide bonds. The van der Waals surface area contributed by atoms with Crippen LogP contribution in [0.1, 0.15) is 56.7 Å². The molecule has 2 aromatic heterocycles. The Morgan fingerprint density at radius 2 is 1.89 bits per heavy atom. The van der Waals surface area contributed by atoms with Crippen molar-refractivity contribution in [1.82, 2.24) is 19.9 Å². The minimum atomic E-state index is -0.309. The lowest BCUT2D eigenvalue weighted by Crippen LogP contribution is -2.27. The summed E-state index contributed by atoms with van der Waals surface area (Å²) in [4.78, 5) is 17.4. The van der Waals surface area contributed by atoms with Crippen LogP contribution in [0.25, 0.3) is 16.9 Å². The molecular weight excluding hydrogens is 343 g/mol. The van der Waals surface area contributed by atoms with E-state index in [0.29, 0.717) is 23.6 Å². The summed E-state index contributed by atoms with van der Waals surface area (Å²) < 4.78 is 14.9. The zero-order valence-corrected chi connectivity index (χ0v) is 16.2. The molecule has 6 heteroatoms. The lowest BCUT2D eigenvalue weighted by Gasteiger charge is -2.13. The van der Waals surface area contributed by atoms with E-state index in [1.54, 1.807) is 22.7 Å². The Hall–Kier alpha value is -2.76. The summed E-state index contributed by atoms with van der Waals surface area (Å²) in [5.74, 6) is -0.500. The van der Waals surface area contributed by atoms with Crippen LogP contribution in [-0.4, -0.2) is 27.0 Å². The zero-order chi connectivity index (χ0) is 19.6. The maximum absolute atomic E-state index is 13.3. The van der Waals surface area contributed by atoms with Gasteiger partial charge in [0.1, 0.15) is 11.5 Å². The predicted molar refractivity (Wildman–Crippen MR) is 104 cm³/mol. The third-order valence-corrected chi connectivity index (χ3v) is 4.38. The van der Waals surface area contributed by atoms with Gasteiger partial charge >= 0.3 is 0 Å². The van der Waals surface area contributed by atoms with Gasteiger partial charge in [0.2, 0.25) is 0 Å². The Bertz CT molecular complexity index is 955. The van der Waals surface area contributed by atoms with Gasteiger partial charge in [-0.05, 0) is 36.8 Å². The molecule has 5 nitrogen and oxygen atoms in total. The summed E-state index contributed by atoms with van der Waals surface area (Å²) in [5.41, 5.74) is 3.07. The van der Waals surface area contributed by atoms with E-state index in [4.69, 9.17) is 0 Å². The van der Waals surface area contributed by atoms with Gasteiger partial charge < -0.3 is 5.32 Å². The van der Waals surface area contributed by atoms with E-state index in [-0.39, 0.29) is 17.1 Å². The number of aromatic nitrogens is 3. The van der Waals surface area contributed by atoms with Crippen LogP contribution in [0.2, 0.25) is 0 Å². The Balaban J connectivity index is 2.12. The van der Waals surface area contributed by atoms with Crippen molar-refractivity contribution in [3.05, 3.63) is 53.6 Å². The lowest BCUT2D eigenvalue weighted by atomic mass is 9.93. The summed E-state index contributed by atoms with van der Waals surface area (Å²) in [6.07, 6.45) is 1.92. The van der Waals surface area contributed by atoms with E-state index in [2.05, 4.69) is 43.1 Å². The minimum absolute atomic E-state index is 0.167. The molecular formula is C21H25FN4O. The highest BCUT2D eigenvalue weighted by Crippen LogP contribution is 2.25. The van der Waals surface area contributed by atoms with Gasteiger partial charge in [0, 0.05) is 23.6 Å². The molecule has 0 spiro atoms. The van der Waals surface area contributed by atoms with Gasteiger partial charge in [-0.15, -0.1) is 0 Å². The molecule has 0 aliphatic heterocycles. The number of fused-ring (bicyclic) bond motifs is 1. The average Bonchev–Trinajstić information content (AvgIpc) is 3.06. The normalized spacial score (nSPS) is 11.7. The molecule has 1 N–H and O–H groups in total. The number of rotatable bonds is 5. The first kappa shape index (κ1) is 19.0. The Morgan fingerprint density at radius 1 is 1.19 bits per heavy atom. The van der Waals surface area contributed by atoms with Gasteiger partial charge in [-0.25, -0.2) is 13.9 Å². The highest BCUT2D eigenvalue weighted by atomic mass is 19.1. The number of nitrogens with one attached hydrogen (secondary N) is 1. The van der Waals surface area contributed by atoms with Crippen LogP contribution in [0, 0.1) is 5.82 Å². The third kappa shape index (κ3) is 4.15. The molecule has 3 rings (SSSR count). The van der Waals surface area contributed by atoms with Crippen molar-refractivity contribution in [2.24, 2.45) is 0 Å². The van der Waals surface area contributed by atoms with Gasteiger partial charge in [-0.2, -0.15) is 5.10 Å². The molecule has 0 radical (unpaired) electrons. The second kappa shape index (κ2) is 7.47. The van der Waals surface area contributed by atoms with Crippen molar-refractivity contribution in [1.29, 1.82) is 0 Å². The molecule has 2 heterocycles. The quantitative estimate of drug-likeness (QED) is 0.681. The second-order valence-corrected chi connectivity index (χ2v) is 7.69. The third-order valence-electron chi connectivity index (χ3n) is 4.38. The van der Waals surface area contributed by atoms with Crippen LogP contribution in [0.5, 0.6) is 0 Å². The molecule has 142 valence electrons. The summed E-state index contributed by atoms with van der Waals surface area (Å²) in [5, 5.41) is 7.56. The van der Waals surface area contributed by atoms with Crippen LogP contribution in [0.15, 0.2) is 36.4 Å². The van der Waals surface area contributed by atoms with Gasteiger partial charge in [-0.3, -0.25) is 4.79 Å². The number of benzene rings is 1. The molecule has 0 saturated heterocycles. The lowest BCUT2D eigenvalue weighted by molar-refractivity contribution is 0.0945. The summed E-state index contributed by atoms with van der Waals surface area (Å²) >= 11 is 0. The largest absolute Gasteiger partial charge is 0.351 e. The van der Waals surface area contributed by atoms with Gasteiger partial charge in [0.25, 0.3) is 5.91 Å². The van der Waals surface area contributed by atoms with Gasteiger partial charge in [-0.1, -0.05) is 34.1 Å². The molecule has 3 aromatic rings. The minimum Gasteiger partial charge on any atom is -0.351 e. The smallest absolute Gasteiger partial charge is 0.270 e. The van der Waals surface area contributed by atoms with Crippen LogP contribution in [0.4, 0.5) is 4.39 Å². The molecule has 0 aliphatic rings. The van der Waals surface area contributed by atoms with Crippen molar-refractivity contribution < 1.29 is 9.18 Å². The average molecular weight is 368 g/mol. The van der Waals surface area contributed by atoms with Crippen molar-refractivity contribution in [3.63, 3.8) is 0 Å². The number of unbranched alkanes of at least 4 members (excludes halogenated alkanes) is 1. The molecule has 0 fully saturated rings. The maximum Gasteiger partial charge on any atom is 0.270 e. The van der Waals surface area contributed by atoms with Crippen LogP contribution in [0.3, 0.4) is 0 Å². The Morgan fingerprint density at radius 3 is 2.52 bits per heavy atom. The molecule has 0 saturated carbocycles. The number of hydrogen-bond donors (Lipinski definition) is 1. The molecule has 0 atom stereocenters. The first-order valence-electron chi connectivity index (χ1n) is 9.25. The van der Waals surface area contributed by atoms with Crippen molar-refractivity contribution in [2.75, 3.05) is 6.54 Å². The number of nitrogens with zero attached hydrogens (tertiary/aromatic N) is 3. The number of halogens is 1. The summed E-state index contributed by atoms with van der Waals surface area (Å²) in [6.45, 7) is 8.88. The standard InChI is InChI=1S/C21H25FN4O/c1-5-6-11-23-20(27)17-12-16(14-7-9-15(22)10-8-14)24-19-13-18(21(2,3)4)25-26(17)19/h7-10,12-13H,5-6,11H2,1-4H3,(H,23,27). The molecule has 27 heavy (non-hydrogen) atoms. The summed E-state index contributed by atoms with van der Waals surface area (Å²) in [6, 6.07) is 9.71. The number of amides is 1. The van der Waals surface area contributed by atoms with E-state index < -0.39 is 0 Å². The number of hydrogen-bond acceptors (Lipinski definition) is 3. The Kier molecular flexibility index (Phi) is 5.26. The SMILES string of the molecule is CCCCNC(=O)c1cc(-c2ccc(F)cc2)nc2cc(C(C)(C)C)nn12. The van der Waals surface area contributed by atoms with E-state index >= 15 is 0 Å². The fourth-order valence-electron chi connectivity index (χ4n) is 2.74. The van der Waals surface area contributed by atoms with Crippen LogP contribution < -0.4 is 5.32 Å². The maximum atomic E-state index is 13.3. The van der Waals surface area contributed by atoms with E-state index in [1.807, 2.05) is 6.07 Å². The van der Waals surface area contributed by atoms with Gasteiger partial charge in [0.15, 0.2) is 5.65 Å². The van der Waals surface area contributed by atoms with E-state index in [0.717, 1.165) is 24.1 Å². The summed E-state index contributed by atoms with van der Waals surface area (Å²) in [7, 11) is 0. The molecule has 0 unspecified atom stereocenters. The van der Waals surface area contributed by atoms with Crippen molar-refractivity contribution >= 4 is 11.6 Å². The topological polar surface area (TPSA) is 59.3 Å². The first-order chi connectivity index (χ1) is 12.8. The van der Waals surface area contributed by atoms with Crippen LogP contribution >= 0.6 is 0 Å². The number of carbonyl (C=O) groups is 1. The first-order valence-corrected chi connectivity index (χ1v) is 9.25. The van der Waals surface area contributed by atoms with Crippen LogP contribution in [-0.2, 0) is 5.41 Å². The molecule has 0 aliphatic carbocycles. The fourth-order valence-corrected chi connectivity index (χ4v) is 2.74. The zero-order valence-electron chi connectivity index (χ0n) is 16.2. The van der Waals surface area contributed by atoms with Crippen molar-refractivity contribution in [2.45, 2.75) is 46.0 Å². The second-order valence-electron chi connectivity index (χ2n) is 7.69. The Labute approximate surface area is 158 Å².